The Kier molecular flexibility index (Phi) is 6.74. The standard InChI is InChI=1S/C21H30N4O3S/c1-16(2)21-22-17(3)14-20(23-21)25-10-8-24(9-11-25)12-13-29(26,27)19-7-5-6-18(15-19)28-4/h5-7,14-16H,8-13H2,1-4H3. The molecule has 2 aromatic rings. The predicted molar refractivity (Wildman–Crippen MR) is 115 cm³/mol. The van der Waals surface area contributed by atoms with Crippen molar-refractivity contribution in [2.45, 2.75) is 31.6 Å². The van der Waals surface area contributed by atoms with Gasteiger partial charge in [0.2, 0.25) is 0 Å². The van der Waals surface area contributed by atoms with Crippen molar-refractivity contribution < 1.29 is 13.2 Å². The highest BCUT2D eigenvalue weighted by Gasteiger charge is 2.22. The van der Waals surface area contributed by atoms with Crippen molar-refractivity contribution in [1.82, 2.24) is 14.9 Å². The molecule has 1 aliphatic heterocycles. The number of rotatable bonds is 7. The van der Waals surface area contributed by atoms with Crippen molar-refractivity contribution >= 4 is 15.7 Å². The van der Waals surface area contributed by atoms with Crippen LogP contribution in [0.5, 0.6) is 5.75 Å². The molecule has 0 spiro atoms. The van der Waals surface area contributed by atoms with Gasteiger partial charge in [0.25, 0.3) is 0 Å². The number of ether oxygens (including phenoxy) is 1. The number of piperazine rings is 1. The van der Waals surface area contributed by atoms with Gasteiger partial charge in [-0.2, -0.15) is 0 Å². The molecule has 1 saturated heterocycles. The smallest absolute Gasteiger partial charge is 0.179 e. The van der Waals surface area contributed by atoms with E-state index in [-0.39, 0.29) is 11.7 Å². The molecule has 158 valence electrons. The molecule has 0 amide bonds. The molecule has 3 rings (SSSR count). The fourth-order valence-corrected chi connectivity index (χ4v) is 4.67. The molecule has 1 fully saturated rings. The Morgan fingerprint density at radius 3 is 2.48 bits per heavy atom. The Bertz CT molecular complexity index is 939. The molecule has 8 heteroatoms. The molecule has 0 N–H and O–H groups in total. The average Bonchev–Trinajstić information content (AvgIpc) is 2.72. The fourth-order valence-electron chi connectivity index (χ4n) is 3.36. The lowest BCUT2D eigenvalue weighted by atomic mass is 10.2. The van der Waals surface area contributed by atoms with Crippen LogP contribution in [0.15, 0.2) is 35.2 Å². The van der Waals surface area contributed by atoms with Gasteiger partial charge in [-0.1, -0.05) is 19.9 Å². The van der Waals surface area contributed by atoms with Gasteiger partial charge in [0.05, 0.1) is 17.8 Å². The lowest BCUT2D eigenvalue weighted by Crippen LogP contribution is -2.48. The van der Waals surface area contributed by atoms with Crippen molar-refractivity contribution in [1.29, 1.82) is 0 Å². The van der Waals surface area contributed by atoms with Gasteiger partial charge in [-0.05, 0) is 25.1 Å². The number of methoxy groups -OCH3 is 1. The molecule has 29 heavy (non-hydrogen) atoms. The van der Waals surface area contributed by atoms with E-state index in [9.17, 15) is 8.42 Å². The highest BCUT2D eigenvalue weighted by atomic mass is 32.2. The number of hydrogen-bond donors (Lipinski definition) is 0. The van der Waals surface area contributed by atoms with Crippen LogP contribution in [-0.2, 0) is 9.84 Å². The van der Waals surface area contributed by atoms with Gasteiger partial charge < -0.3 is 9.64 Å². The maximum Gasteiger partial charge on any atom is 0.179 e. The second-order valence-electron chi connectivity index (χ2n) is 7.71. The summed E-state index contributed by atoms with van der Waals surface area (Å²) in [6.45, 7) is 9.99. The van der Waals surface area contributed by atoms with Crippen molar-refractivity contribution in [3.63, 3.8) is 0 Å². The molecule has 1 aromatic heterocycles. The summed E-state index contributed by atoms with van der Waals surface area (Å²) in [5, 5.41) is 0. The summed E-state index contributed by atoms with van der Waals surface area (Å²) in [4.78, 5) is 14.0. The van der Waals surface area contributed by atoms with Crippen LogP contribution in [0.25, 0.3) is 0 Å². The summed E-state index contributed by atoms with van der Waals surface area (Å²) < 4.78 is 30.5. The largest absolute Gasteiger partial charge is 0.497 e. The first-order valence-corrected chi connectivity index (χ1v) is 11.6. The summed E-state index contributed by atoms with van der Waals surface area (Å²) in [7, 11) is -1.80. The van der Waals surface area contributed by atoms with E-state index < -0.39 is 9.84 Å². The molecular formula is C21H30N4O3S. The van der Waals surface area contributed by atoms with Crippen LogP contribution in [0.3, 0.4) is 0 Å². The minimum atomic E-state index is -3.33. The zero-order valence-electron chi connectivity index (χ0n) is 17.6. The molecule has 0 bridgehead atoms. The molecule has 7 nitrogen and oxygen atoms in total. The number of anilines is 1. The number of aryl methyl sites for hydroxylation is 1. The number of sulfone groups is 1. The van der Waals surface area contributed by atoms with E-state index in [2.05, 4.69) is 28.6 Å². The SMILES string of the molecule is COc1cccc(S(=O)(=O)CCN2CCN(c3cc(C)nc(C(C)C)n3)CC2)c1. The lowest BCUT2D eigenvalue weighted by Gasteiger charge is -2.35. The van der Waals surface area contributed by atoms with E-state index in [0.29, 0.717) is 17.2 Å². The summed E-state index contributed by atoms with van der Waals surface area (Å²) in [6, 6.07) is 8.68. The zero-order chi connectivity index (χ0) is 21.0. The van der Waals surface area contributed by atoms with Gasteiger partial charge in [-0.3, -0.25) is 4.90 Å². The minimum Gasteiger partial charge on any atom is -0.497 e. The maximum absolute atomic E-state index is 12.7. The van der Waals surface area contributed by atoms with Gasteiger partial charge in [0, 0.05) is 50.4 Å². The van der Waals surface area contributed by atoms with Crippen molar-refractivity contribution in [2.24, 2.45) is 0 Å². The second kappa shape index (κ2) is 9.09. The Labute approximate surface area is 173 Å². The molecule has 0 atom stereocenters. The maximum atomic E-state index is 12.7. The summed E-state index contributed by atoms with van der Waals surface area (Å²) >= 11 is 0. The van der Waals surface area contributed by atoms with Crippen LogP contribution in [0, 0.1) is 6.92 Å². The predicted octanol–water partition coefficient (Wildman–Crippen LogP) is 2.51. The molecule has 0 unspecified atom stereocenters. The number of hydrogen-bond acceptors (Lipinski definition) is 7. The number of aromatic nitrogens is 2. The topological polar surface area (TPSA) is 75.6 Å². The third kappa shape index (κ3) is 5.45. The van der Waals surface area contributed by atoms with Crippen molar-refractivity contribution in [2.75, 3.05) is 50.5 Å². The van der Waals surface area contributed by atoms with E-state index in [0.717, 1.165) is 43.5 Å². The first-order chi connectivity index (χ1) is 13.8. The third-order valence-corrected chi connectivity index (χ3v) is 6.84. The van der Waals surface area contributed by atoms with Gasteiger partial charge >= 0.3 is 0 Å². The number of benzene rings is 1. The molecule has 0 saturated carbocycles. The van der Waals surface area contributed by atoms with Gasteiger partial charge in [-0.15, -0.1) is 0 Å². The molecule has 2 heterocycles. The minimum absolute atomic E-state index is 0.101. The highest BCUT2D eigenvalue weighted by Crippen LogP contribution is 2.20. The average molecular weight is 419 g/mol. The Hall–Kier alpha value is -2.19. The van der Waals surface area contributed by atoms with Crippen LogP contribution in [0.2, 0.25) is 0 Å². The molecular weight excluding hydrogens is 388 g/mol. The van der Waals surface area contributed by atoms with Crippen LogP contribution in [0.1, 0.15) is 31.3 Å². The first kappa shape index (κ1) is 21.5. The molecule has 1 aliphatic rings. The molecule has 1 aromatic carbocycles. The Morgan fingerprint density at radius 2 is 1.83 bits per heavy atom. The van der Waals surface area contributed by atoms with Crippen molar-refractivity contribution in [3.05, 3.63) is 41.9 Å². The van der Waals surface area contributed by atoms with Gasteiger partial charge in [-0.25, -0.2) is 18.4 Å². The summed E-state index contributed by atoms with van der Waals surface area (Å²) in [6.07, 6.45) is 0. The highest BCUT2D eigenvalue weighted by molar-refractivity contribution is 7.91. The first-order valence-electron chi connectivity index (χ1n) is 9.98. The van der Waals surface area contributed by atoms with E-state index in [1.807, 2.05) is 13.0 Å². The van der Waals surface area contributed by atoms with Crippen molar-refractivity contribution in [3.8, 4) is 5.75 Å². The second-order valence-corrected chi connectivity index (χ2v) is 9.82. The third-order valence-electron chi connectivity index (χ3n) is 5.15. The van der Waals surface area contributed by atoms with Crippen LogP contribution >= 0.6 is 0 Å². The van der Waals surface area contributed by atoms with E-state index in [1.54, 1.807) is 24.3 Å². The monoisotopic (exact) mass is 418 g/mol. The van der Waals surface area contributed by atoms with Crippen LogP contribution in [0.4, 0.5) is 5.82 Å². The zero-order valence-corrected chi connectivity index (χ0v) is 18.4. The number of nitrogens with zero attached hydrogens (tertiary/aromatic N) is 4. The molecule has 0 radical (unpaired) electrons. The molecule has 0 aliphatic carbocycles. The van der Waals surface area contributed by atoms with E-state index in [4.69, 9.17) is 9.72 Å². The fraction of sp³-hybridized carbons (Fsp3) is 0.524. The normalized spacial score (nSPS) is 15.7. The van der Waals surface area contributed by atoms with Crippen LogP contribution < -0.4 is 9.64 Å². The Balaban J connectivity index is 1.57. The van der Waals surface area contributed by atoms with E-state index in [1.165, 1.54) is 7.11 Å². The van der Waals surface area contributed by atoms with E-state index >= 15 is 0 Å². The van der Waals surface area contributed by atoms with Gasteiger partial charge in [0.15, 0.2) is 9.84 Å². The Morgan fingerprint density at radius 1 is 1.10 bits per heavy atom. The summed E-state index contributed by atoms with van der Waals surface area (Å²) in [5.41, 5.74) is 0.977. The quantitative estimate of drug-likeness (QED) is 0.684. The van der Waals surface area contributed by atoms with Crippen LogP contribution in [-0.4, -0.2) is 68.9 Å². The summed E-state index contributed by atoms with van der Waals surface area (Å²) in [5.74, 6) is 2.78. The lowest BCUT2D eigenvalue weighted by molar-refractivity contribution is 0.271. The van der Waals surface area contributed by atoms with Gasteiger partial charge in [0.1, 0.15) is 17.4 Å².